The predicted octanol–water partition coefficient (Wildman–Crippen LogP) is 3.44. The normalized spacial score (nSPS) is 11.3. The fourth-order valence-electron chi connectivity index (χ4n) is 1.67. The summed E-state index contributed by atoms with van der Waals surface area (Å²) in [6.07, 6.45) is -4.44. The Morgan fingerprint density at radius 3 is 2.60 bits per heavy atom. The second-order valence-corrected chi connectivity index (χ2v) is 4.84. The first-order chi connectivity index (χ1) is 9.39. The lowest BCUT2D eigenvalue weighted by Crippen LogP contribution is -2.13. The molecule has 1 aromatic carbocycles. The Kier molecular flexibility index (Phi) is 3.99. The summed E-state index contributed by atoms with van der Waals surface area (Å²) in [4.78, 5) is 11.3. The highest BCUT2D eigenvalue weighted by atomic mass is 32.1. The van der Waals surface area contributed by atoms with Crippen LogP contribution in [0.2, 0.25) is 0 Å². The number of hydrogen-bond donors (Lipinski definition) is 1. The zero-order valence-electron chi connectivity index (χ0n) is 10.1. The molecule has 0 atom stereocenters. The van der Waals surface area contributed by atoms with Crippen molar-refractivity contribution >= 4 is 17.2 Å². The van der Waals surface area contributed by atoms with Crippen LogP contribution in [0.15, 0.2) is 35.7 Å². The molecular weight excluding hydrogens is 291 g/mol. The number of halogens is 3. The first-order valence-electron chi connectivity index (χ1n) is 5.55. The molecule has 0 spiro atoms. The zero-order valence-corrected chi connectivity index (χ0v) is 10.9. The standard InChI is InChI=1S/C13H10F3NO2S/c14-13(15,16)9-4-2-1-3-8(9)7-19-10-5-6-20-11(10)12(17)18/h1-6H,7H2,(H2,17,18). The summed E-state index contributed by atoms with van der Waals surface area (Å²) in [5.74, 6) is -0.474. The van der Waals surface area contributed by atoms with Gasteiger partial charge in [-0.25, -0.2) is 0 Å². The van der Waals surface area contributed by atoms with E-state index in [0.29, 0.717) is 0 Å². The van der Waals surface area contributed by atoms with Crippen LogP contribution < -0.4 is 10.5 Å². The third-order valence-electron chi connectivity index (χ3n) is 2.56. The van der Waals surface area contributed by atoms with E-state index in [4.69, 9.17) is 10.5 Å². The molecule has 106 valence electrons. The Balaban J connectivity index is 2.20. The number of carbonyl (C=O) groups is 1. The maximum absolute atomic E-state index is 12.8. The van der Waals surface area contributed by atoms with Gasteiger partial charge in [0.1, 0.15) is 17.2 Å². The van der Waals surface area contributed by atoms with Crippen molar-refractivity contribution in [2.75, 3.05) is 0 Å². The lowest BCUT2D eigenvalue weighted by molar-refractivity contribution is -0.138. The largest absolute Gasteiger partial charge is 0.487 e. The number of benzene rings is 1. The average Bonchev–Trinajstić information content (AvgIpc) is 2.84. The molecule has 0 fully saturated rings. The Labute approximate surface area is 116 Å². The van der Waals surface area contributed by atoms with E-state index in [1.54, 1.807) is 5.38 Å². The van der Waals surface area contributed by atoms with Gasteiger partial charge >= 0.3 is 6.18 Å². The molecule has 20 heavy (non-hydrogen) atoms. The van der Waals surface area contributed by atoms with Crippen LogP contribution in [0.4, 0.5) is 13.2 Å². The van der Waals surface area contributed by atoms with Crippen LogP contribution in [0, 0.1) is 0 Å². The van der Waals surface area contributed by atoms with E-state index in [9.17, 15) is 18.0 Å². The molecular formula is C13H10F3NO2S. The molecule has 0 saturated carbocycles. The van der Waals surface area contributed by atoms with Gasteiger partial charge in [0.05, 0.1) is 5.56 Å². The van der Waals surface area contributed by atoms with Crippen molar-refractivity contribution < 1.29 is 22.7 Å². The molecule has 0 aliphatic carbocycles. The third-order valence-corrected chi connectivity index (χ3v) is 3.47. The average molecular weight is 301 g/mol. The lowest BCUT2D eigenvalue weighted by Gasteiger charge is -2.13. The van der Waals surface area contributed by atoms with Crippen molar-refractivity contribution in [1.29, 1.82) is 0 Å². The Bertz CT molecular complexity index is 622. The van der Waals surface area contributed by atoms with E-state index >= 15 is 0 Å². The molecule has 2 aromatic rings. The Morgan fingerprint density at radius 2 is 1.95 bits per heavy atom. The van der Waals surface area contributed by atoms with Gasteiger partial charge in [0.25, 0.3) is 5.91 Å². The summed E-state index contributed by atoms with van der Waals surface area (Å²) in [5.41, 5.74) is 4.39. The Hall–Kier alpha value is -2.02. The molecule has 0 unspecified atom stereocenters. The van der Waals surface area contributed by atoms with Gasteiger partial charge in [-0.15, -0.1) is 11.3 Å². The van der Waals surface area contributed by atoms with Crippen molar-refractivity contribution in [3.8, 4) is 5.75 Å². The molecule has 7 heteroatoms. The summed E-state index contributed by atoms with van der Waals surface area (Å²) >= 11 is 1.08. The van der Waals surface area contributed by atoms with Gasteiger partial charge in [-0.1, -0.05) is 18.2 Å². The molecule has 0 saturated heterocycles. The van der Waals surface area contributed by atoms with Crippen molar-refractivity contribution in [2.24, 2.45) is 5.73 Å². The molecule has 1 amide bonds. The summed E-state index contributed by atoms with van der Waals surface area (Å²) in [7, 11) is 0. The minimum absolute atomic E-state index is 0.00150. The molecule has 0 aliphatic heterocycles. The Morgan fingerprint density at radius 1 is 1.25 bits per heavy atom. The lowest BCUT2D eigenvalue weighted by atomic mass is 10.1. The molecule has 2 rings (SSSR count). The molecule has 3 nitrogen and oxygen atoms in total. The first-order valence-corrected chi connectivity index (χ1v) is 6.42. The number of carbonyl (C=O) groups excluding carboxylic acids is 1. The summed E-state index contributed by atoms with van der Waals surface area (Å²) in [6.45, 7) is -0.285. The predicted molar refractivity (Wildman–Crippen MR) is 68.6 cm³/mol. The third kappa shape index (κ3) is 3.11. The van der Waals surface area contributed by atoms with Crippen molar-refractivity contribution in [3.05, 3.63) is 51.7 Å². The van der Waals surface area contributed by atoms with E-state index < -0.39 is 17.6 Å². The minimum atomic E-state index is -4.44. The van der Waals surface area contributed by atoms with Crippen LogP contribution in [0.3, 0.4) is 0 Å². The van der Waals surface area contributed by atoms with Crippen LogP contribution in [0.5, 0.6) is 5.75 Å². The summed E-state index contributed by atoms with van der Waals surface area (Å²) in [5, 5.41) is 1.59. The van der Waals surface area contributed by atoms with Crippen molar-refractivity contribution in [3.63, 3.8) is 0 Å². The van der Waals surface area contributed by atoms with Gasteiger partial charge in [0, 0.05) is 5.56 Å². The fourth-order valence-corrected chi connectivity index (χ4v) is 2.36. The number of alkyl halides is 3. The zero-order chi connectivity index (χ0) is 14.8. The van der Waals surface area contributed by atoms with E-state index in [1.165, 1.54) is 24.3 Å². The molecule has 1 heterocycles. The number of primary amides is 1. The van der Waals surface area contributed by atoms with Gasteiger partial charge in [-0.2, -0.15) is 13.2 Å². The molecule has 0 bridgehead atoms. The number of ether oxygens (including phenoxy) is 1. The van der Waals surface area contributed by atoms with Gasteiger partial charge in [-0.3, -0.25) is 4.79 Å². The second kappa shape index (κ2) is 5.54. The highest BCUT2D eigenvalue weighted by Gasteiger charge is 2.33. The molecule has 0 aliphatic rings. The monoisotopic (exact) mass is 301 g/mol. The van der Waals surface area contributed by atoms with Crippen molar-refractivity contribution in [2.45, 2.75) is 12.8 Å². The second-order valence-electron chi connectivity index (χ2n) is 3.92. The van der Waals surface area contributed by atoms with E-state index in [2.05, 4.69) is 0 Å². The van der Waals surface area contributed by atoms with E-state index in [0.717, 1.165) is 17.4 Å². The summed E-state index contributed by atoms with van der Waals surface area (Å²) in [6, 6.07) is 6.63. The smallest absolute Gasteiger partial charge is 0.416 e. The first kappa shape index (κ1) is 14.4. The van der Waals surface area contributed by atoms with Gasteiger partial charge in [-0.05, 0) is 17.5 Å². The van der Waals surface area contributed by atoms with E-state index in [1.807, 2.05) is 0 Å². The summed E-state index contributed by atoms with van der Waals surface area (Å²) < 4.78 is 43.7. The highest BCUT2D eigenvalue weighted by Crippen LogP contribution is 2.33. The maximum atomic E-state index is 12.8. The number of rotatable bonds is 4. The molecule has 2 N–H and O–H groups in total. The minimum Gasteiger partial charge on any atom is -0.487 e. The number of thiophene rings is 1. The topological polar surface area (TPSA) is 52.3 Å². The number of nitrogens with two attached hydrogens (primary N) is 1. The van der Waals surface area contributed by atoms with Gasteiger partial charge < -0.3 is 10.5 Å². The number of hydrogen-bond acceptors (Lipinski definition) is 3. The van der Waals surface area contributed by atoms with Crippen LogP contribution in [0.1, 0.15) is 20.8 Å². The molecule has 1 aromatic heterocycles. The van der Waals surface area contributed by atoms with E-state index in [-0.39, 0.29) is 22.8 Å². The molecule has 0 radical (unpaired) electrons. The van der Waals surface area contributed by atoms with Crippen molar-refractivity contribution in [1.82, 2.24) is 0 Å². The van der Waals surface area contributed by atoms with Gasteiger partial charge in [0.15, 0.2) is 0 Å². The fraction of sp³-hybridized carbons (Fsp3) is 0.154. The van der Waals surface area contributed by atoms with Gasteiger partial charge in [0.2, 0.25) is 0 Å². The number of amides is 1. The van der Waals surface area contributed by atoms with Crippen LogP contribution in [-0.4, -0.2) is 5.91 Å². The van der Waals surface area contributed by atoms with Crippen LogP contribution >= 0.6 is 11.3 Å². The quantitative estimate of drug-likeness (QED) is 0.940. The SMILES string of the molecule is NC(=O)c1sccc1OCc1ccccc1C(F)(F)F. The van der Waals surface area contributed by atoms with Crippen LogP contribution in [-0.2, 0) is 12.8 Å². The van der Waals surface area contributed by atoms with Crippen LogP contribution in [0.25, 0.3) is 0 Å². The maximum Gasteiger partial charge on any atom is 0.416 e. The highest BCUT2D eigenvalue weighted by molar-refractivity contribution is 7.12.